The van der Waals surface area contributed by atoms with Gasteiger partial charge >= 0.3 is 0 Å². The van der Waals surface area contributed by atoms with E-state index in [4.69, 9.17) is 4.74 Å². The Bertz CT molecular complexity index is 228. The van der Waals surface area contributed by atoms with Crippen molar-refractivity contribution < 1.29 is 4.74 Å². The molecule has 0 saturated carbocycles. The van der Waals surface area contributed by atoms with Crippen LogP contribution in [0.1, 0.15) is 5.56 Å². The van der Waals surface area contributed by atoms with Crippen LogP contribution in [0.25, 0.3) is 0 Å². The third-order valence-electron chi connectivity index (χ3n) is 1.82. The van der Waals surface area contributed by atoms with Crippen LogP contribution in [0.2, 0.25) is 0 Å². The van der Waals surface area contributed by atoms with Gasteiger partial charge in [-0.2, -0.15) is 0 Å². The smallest absolute Gasteiger partial charge is 0.0992 e. The molecule has 1 aromatic carbocycles. The molecule has 13 heavy (non-hydrogen) atoms. The van der Waals surface area contributed by atoms with Crippen LogP contribution in [0.5, 0.6) is 0 Å². The third-order valence-corrected chi connectivity index (χ3v) is 2.34. The van der Waals surface area contributed by atoms with Gasteiger partial charge in [0, 0.05) is 19.9 Å². The fraction of sp³-hybridized carbons (Fsp3) is 0.400. The average molecular weight is 197 g/mol. The highest BCUT2D eigenvalue weighted by molar-refractivity contribution is 7.16. The molecule has 0 heterocycles. The molecule has 0 spiro atoms. The Labute approximate surface area is 82.1 Å². The molecule has 0 saturated heterocycles. The monoisotopic (exact) mass is 197 g/mol. The second kappa shape index (κ2) is 6.09. The predicted octanol–water partition coefficient (Wildman–Crippen LogP) is 1.93. The largest absolute Gasteiger partial charge is 0.369 e. The molecule has 72 valence electrons. The Kier molecular flexibility index (Phi) is 4.99. The first-order valence-electron chi connectivity index (χ1n) is 4.32. The summed E-state index contributed by atoms with van der Waals surface area (Å²) in [4.78, 5) is 2.21. The minimum atomic E-state index is 0.679. The molecule has 3 heteroatoms. The summed E-state index contributed by atoms with van der Waals surface area (Å²) in [6, 6.07) is 10.4. The van der Waals surface area contributed by atoms with E-state index in [0.717, 1.165) is 12.8 Å². The first-order valence-corrected chi connectivity index (χ1v) is 5.13. The maximum atomic E-state index is 5.08. The fourth-order valence-corrected chi connectivity index (χ4v) is 1.42. The molecule has 0 fully saturated rings. The first-order chi connectivity index (χ1) is 6.36. The second-order valence-corrected chi connectivity index (χ2v) is 3.28. The van der Waals surface area contributed by atoms with Gasteiger partial charge in [0.25, 0.3) is 0 Å². The van der Waals surface area contributed by atoms with Crippen LogP contribution in [-0.2, 0) is 11.3 Å². The summed E-state index contributed by atoms with van der Waals surface area (Å²) in [7, 11) is 4.43. The van der Waals surface area contributed by atoms with E-state index in [1.165, 1.54) is 5.56 Å². The van der Waals surface area contributed by atoms with Crippen molar-refractivity contribution in [3.05, 3.63) is 35.9 Å². The molecule has 2 nitrogen and oxygen atoms in total. The summed E-state index contributed by atoms with van der Waals surface area (Å²) in [5.74, 6) is 0. The maximum Gasteiger partial charge on any atom is 0.0992 e. The standard InChI is InChI=1S/C10H16NOP/c1-12-8-11(9-13)7-10-5-3-2-4-6-10/h2-6H,7-9,13H2,1H3. The molecule has 0 aliphatic carbocycles. The maximum absolute atomic E-state index is 5.08. The zero-order valence-electron chi connectivity index (χ0n) is 7.94. The average Bonchev–Trinajstić information content (AvgIpc) is 2.19. The minimum absolute atomic E-state index is 0.679. The molecule has 0 aliphatic rings. The van der Waals surface area contributed by atoms with E-state index in [1.54, 1.807) is 7.11 Å². The lowest BCUT2D eigenvalue weighted by atomic mass is 10.2. The fourth-order valence-electron chi connectivity index (χ4n) is 1.19. The van der Waals surface area contributed by atoms with Crippen LogP contribution in [0, 0.1) is 0 Å². The van der Waals surface area contributed by atoms with Gasteiger partial charge in [-0.15, -0.1) is 9.24 Å². The van der Waals surface area contributed by atoms with Crippen molar-refractivity contribution in [2.24, 2.45) is 0 Å². The van der Waals surface area contributed by atoms with E-state index >= 15 is 0 Å². The highest BCUT2D eigenvalue weighted by Crippen LogP contribution is 2.05. The number of hydrogen-bond acceptors (Lipinski definition) is 2. The van der Waals surface area contributed by atoms with E-state index in [9.17, 15) is 0 Å². The zero-order chi connectivity index (χ0) is 9.52. The van der Waals surface area contributed by atoms with Gasteiger partial charge in [0.15, 0.2) is 0 Å². The Morgan fingerprint density at radius 3 is 2.54 bits per heavy atom. The van der Waals surface area contributed by atoms with Crippen LogP contribution < -0.4 is 0 Å². The van der Waals surface area contributed by atoms with Crippen molar-refractivity contribution in [3.8, 4) is 0 Å². The van der Waals surface area contributed by atoms with E-state index < -0.39 is 0 Å². The van der Waals surface area contributed by atoms with Crippen molar-refractivity contribution in [1.82, 2.24) is 4.90 Å². The third kappa shape index (κ3) is 3.86. The molecule has 0 amide bonds. The van der Waals surface area contributed by atoms with Crippen molar-refractivity contribution in [2.45, 2.75) is 6.54 Å². The highest BCUT2D eigenvalue weighted by atomic mass is 31.0. The SMILES string of the molecule is COCN(CP)Cc1ccccc1. The molecule has 0 bridgehead atoms. The normalized spacial score (nSPS) is 10.7. The van der Waals surface area contributed by atoms with Gasteiger partial charge in [-0.1, -0.05) is 30.3 Å². The van der Waals surface area contributed by atoms with Gasteiger partial charge in [-0.05, 0) is 5.56 Å². The summed E-state index contributed by atoms with van der Waals surface area (Å²) in [5, 5.41) is 0. The van der Waals surface area contributed by atoms with E-state index in [-0.39, 0.29) is 0 Å². The van der Waals surface area contributed by atoms with E-state index in [0.29, 0.717) is 6.73 Å². The summed E-state index contributed by atoms with van der Waals surface area (Å²) < 4.78 is 5.08. The van der Waals surface area contributed by atoms with Crippen LogP contribution in [0.4, 0.5) is 0 Å². The summed E-state index contributed by atoms with van der Waals surface area (Å²) in [6.45, 7) is 1.62. The first kappa shape index (κ1) is 10.6. The summed E-state index contributed by atoms with van der Waals surface area (Å²) in [5.41, 5.74) is 1.32. The molecule has 0 N–H and O–H groups in total. The second-order valence-electron chi connectivity index (χ2n) is 2.91. The van der Waals surface area contributed by atoms with Crippen LogP contribution >= 0.6 is 9.24 Å². The van der Waals surface area contributed by atoms with Crippen molar-refractivity contribution >= 4 is 9.24 Å². The number of rotatable bonds is 5. The van der Waals surface area contributed by atoms with Crippen molar-refractivity contribution in [3.63, 3.8) is 0 Å². The quantitative estimate of drug-likeness (QED) is 0.528. The number of hydrogen-bond donors (Lipinski definition) is 0. The number of benzene rings is 1. The molecule has 1 unspecified atom stereocenters. The molecular formula is C10H16NOP. The molecule has 1 aromatic rings. The Morgan fingerprint density at radius 2 is 2.00 bits per heavy atom. The molecule has 0 radical (unpaired) electrons. The van der Waals surface area contributed by atoms with Crippen LogP contribution in [0.3, 0.4) is 0 Å². The van der Waals surface area contributed by atoms with Gasteiger partial charge in [0.1, 0.15) is 0 Å². The minimum Gasteiger partial charge on any atom is -0.369 e. The van der Waals surface area contributed by atoms with Crippen molar-refractivity contribution in [1.29, 1.82) is 0 Å². The summed E-state index contributed by atoms with van der Waals surface area (Å²) in [6.07, 6.45) is 0.933. The van der Waals surface area contributed by atoms with E-state index in [1.807, 2.05) is 6.07 Å². The van der Waals surface area contributed by atoms with Gasteiger partial charge in [-0.25, -0.2) is 0 Å². The van der Waals surface area contributed by atoms with Gasteiger partial charge in [-0.3, -0.25) is 4.90 Å². The number of methoxy groups -OCH3 is 1. The van der Waals surface area contributed by atoms with E-state index in [2.05, 4.69) is 38.4 Å². The highest BCUT2D eigenvalue weighted by Gasteiger charge is 2.01. The van der Waals surface area contributed by atoms with Crippen LogP contribution in [0.15, 0.2) is 30.3 Å². The lowest BCUT2D eigenvalue weighted by Crippen LogP contribution is -2.23. The van der Waals surface area contributed by atoms with Crippen molar-refractivity contribution in [2.75, 3.05) is 20.1 Å². The Balaban J connectivity index is 2.46. The topological polar surface area (TPSA) is 12.5 Å². The van der Waals surface area contributed by atoms with Gasteiger partial charge in [0.05, 0.1) is 6.73 Å². The summed E-state index contributed by atoms with van der Waals surface area (Å²) >= 11 is 0. The predicted molar refractivity (Wildman–Crippen MR) is 58.4 cm³/mol. The number of nitrogens with zero attached hydrogens (tertiary/aromatic N) is 1. The van der Waals surface area contributed by atoms with Gasteiger partial charge in [0.2, 0.25) is 0 Å². The zero-order valence-corrected chi connectivity index (χ0v) is 9.10. The lowest BCUT2D eigenvalue weighted by molar-refractivity contribution is 0.0724. The molecular weight excluding hydrogens is 181 g/mol. The van der Waals surface area contributed by atoms with Crippen LogP contribution in [-0.4, -0.2) is 25.0 Å². The molecule has 1 atom stereocenters. The lowest BCUT2D eigenvalue weighted by Gasteiger charge is -2.18. The number of ether oxygens (including phenoxy) is 1. The molecule has 1 rings (SSSR count). The molecule has 0 aromatic heterocycles. The van der Waals surface area contributed by atoms with Gasteiger partial charge < -0.3 is 4.74 Å². The Morgan fingerprint density at radius 1 is 1.31 bits per heavy atom. The Hall–Kier alpha value is -0.430. The molecule has 0 aliphatic heterocycles.